The summed E-state index contributed by atoms with van der Waals surface area (Å²) in [6, 6.07) is 8.56. The van der Waals surface area contributed by atoms with Crippen molar-refractivity contribution in [1.82, 2.24) is 4.98 Å². The first-order chi connectivity index (χ1) is 11.7. The number of aromatic nitrogens is 1. The summed E-state index contributed by atoms with van der Waals surface area (Å²) < 4.78 is 23.4. The van der Waals surface area contributed by atoms with Crippen molar-refractivity contribution in [1.29, 1.82) is 0 Å². The van der Waals surface area contributed by atoms with Crippen LogP contribution in [0.25, 0.3) is 10.6 Å². The molecular formula is C17H16N2O3S3. The molecule has 2 heterocycles. The van der Waals surface area contributed by atoms with Crippen LogP contribution in [0.1, 0.15) is 20.8 Å². The lowest BCUT2D eigenvalue weighted by Gasteiger charge is -2.07. The predicted octanol–water partition coefficient (Wildman–Crippen LogP) is 4.14. The Balaban J connectivity index is 1.85. The SMILES string of the molecule is Cc1ccc(-c2csc(NC(=O)c3cc(S(C)(=O)=O)ccc3C)n2)s1. The van der Waals surface area contributed by atoms with Crippen molar-refractivity contribution in [2.75, 3.05) is 11.6 Å². The molecular weight excluding hydrogens is 376 g/mol. The van der Waals surface area contributed by atoms with Crippen molar-refractivity contribution in [3.63, 3.8) is 0 Å². The molecule has 0 atom stereocenters. The number of anilines is 1. The molecule has 0 aliphatic rings. The Morgan fingerprint density at radius 3 is 2.56 bits per heavy atom. The third-order valence-corrected chi connectivity index (χ3v) is 6.49. The second-order valence-electron chi connectivity index (χ2n) is 5.65. The van der Waals surface area contributed by atoms with E-state index in [1.807, 2.05) is 24.4 Å². The summed E-state index contributed by atoms with van der Waals surface area (Å²) in [7, 11) is -3.37. The maximum atomic E-state index is 12.5. The van der Waals surface area contributed by atoms with E-state index in [2.05, 4.69) is 10.3 Å². The van der Waals surface area contributed by atoms with Crippen LogP contribution >= 0.6 is 22.7 Å². The van der Waals surface area contributed by atoms with Gasteiger partial charge in [-0.2, -0.15) is 0 Å². The maximum Gasteiger partial charge on any atom is 0.257 e. The number of sulfone groups is 1. The number of nitrogens with zero attached hydrogens (tertiary/aromatic N) is 1. The fourth-order valence-corrected chi connectivity index (χ4v) is 4.51. The molecule has 0 aliphatic heterocycles. The van der Waals surface area contributed by atoms with Gasteiger partial charge in [-0.15, -0.1) is 22.7 Å². The minimum atomic E-state index is -3.37. The molecule has 0 radical (unpaired) electrons. The zero-order valence-corrected chi connectivity index (χ0v) is 16.3. The minimum absolute atomic E-state index is 0.122. The largest absolute Gasteiger partial charge is 0.298 e. The first-order valence-electron chi connectivity index (χ1n) is 7.38. The number of aryl methyl sites for hydroxylation is 2. The van der Waals surface area contributed by atoms with E-state index < -0.39 is 9.84 Å². The average Bonchev–Trinajstić information content (AvgIpc) is 3.15. The Hall–Kier alpha value is -2.03. The number of rotatable bonds is 4. The fraction of sp³-hybridized carbons (Fsp3) is 0.176. The second kappa shape index (κ2) is 6.70. The average molecular weight is 393 g/mol. The monoisotopic (exact) mass is 392 g/mol. The van der Waals surface area contributed by atoms with Gasteiger partial charge in [0.25, 0.3) is 5.91 Å². The first-order valence-corrected chi connectivity index (χ1v) is 11.0. The van der Waals surface area contributed by atoms with Gasteiger partial charge in [0.05, 0.1) is 15.5 Å². The first kappa shape index (κ1) is 17.8. The highest BCUT2D eigenvalue weighted by atomic mass is 32.2. The van der Waals surface area contributed by atoms with Gasteiger partial charge in [-0.25, -0.2) is 13.4 Å². The van der Waals surface area contributed by atoms with E-state index in [-0.39, 0.29) is 10.8 Å². The van der Waals surface area contributed by atoms with Crippen LogP contribution in [0, 0.1) is 13.8 Å². The lowest BCUT2D eigenvalue weighted by atomic mass is 10.1. The molecule has 0 bridgehead atoms. The smallest absolute Gasteiger partial charge is 0.257 e. The summed E-state index contributed by atoms with van der Waals surface area (Å²) in [5, 5.41) is 5.12. The molecule has 130 valence electrons. The van der Waals surface area contributed by atoms with Gasteiger partial charge in [-0.1, -0.05) is 6.07 Å². The zero-order valence-electron chi connectivity index (χ0n) is 13.9. The van der Waals surface area contributed by atoms with E-state index in [0.29, 0.717) is 16.3 Å². The molecule has 0 unspecified atom stereocenters. The second-order valence-corrected chi connectivity index (χ2v) is 9.81. The Bertz CT molecular complexity index is 1050. The number of benzene rings is 1. The molecule has 0 fully saturated rings. The third-order valence-electron chi connectivity index (χ3n) is 3.60. The molecule has 5 nitrogen and oxygen atoms in total. The number of thiazole rings is 1. The number of hydrogen-bond acceptors (Lipinski definition) is 6. The number of carbonyl (C=O) groups is 1. The summed E-state index contributed by atoms with van der Waals surface area (Å²) in [6.45, 7) is 3.80. The Labute approximate surface area is 154 Å². The molecule has 1 amide bonds. The van der Waals surface area contributed by atoms with E-state index in [0.717, 1.165) is 16.8 Å². The number of nitrogens with one attached hydrogen (secondary N) is 1. The molecule has 2 aromatic heterocycles. The molecule has 0 saturated carbocycles. The summed E-state index contributed by atoms with van der Waals surface area (Å²) in [6.07, 6.45) is 1.12. The van der Waals surface area contributed by atoms with Crippen molar-refractivity contribution in [3.8, 4) is 10.6 Å². The van der Waals surface area contributed by atoms with E-state index in [1.165, 1.54) is 28.3 Å². The number of carbonyl (C=O) groups excluding carboxylic acids is 1. The van der Waals surface area contributed by atoms with Crippen molar-refractivity contribution >= 4 is 43.5 Å². The van der Waals surface area contributed by atoms with E-state index in [9.17, 15) is 13.2 Å². The van der Waals surface area contributed by atoms with Gasteiger partial charge >= 0.3 is 0 Å². The van der Waals surface area contributed by atoms with Crippen LogP contribution in [0.15, 0.2) is 40.6 Å². The van der Waals surface area contributed by atoms with E-state index in [1.54, 1.807) is 24.3 Å². The van der Waals surface area contributed by atoms with Gasteiger partial charge in [0, 0.05) is 22.1 Å². The summed E-state index contributed by atoms with van der Waals surface area (Å²) in [4.78, 5) is 19.3. The van der Waals surface area contributed by atoms with Gasteiger partial charge in [0.1, 0.15) is 0 Å². The molecule has 0 aliphatic carbocycles. The topological polar surface area (TPSA) is 76.1 Å². The molecule has 1 aromatic carbocycles. The predicted molar refractivity (Wildman–Crippen MR) is 102 cm³/mol. The molecule has 8 heteroatoms. The van der Waals surface area contributed by atoms with Gasteiger partial charge in [0.15, 0.2) is 15.0 Å². The lowest BCUT2D eigenvalue weighted by Crippen LogP contribution is -2.14. The summed E-state index contributed by atoms with van der Waals surface area (Å²) in [5.74, 6) is -0.369. The van der Waals surface area contributed by atoms with Crippen molar-refractivity contribution in [3.05, 3.63) is 51.7 Å². The van der Waals surface area contributed by atoms with Gasteiger partial charge in [0.2, 0.25) is 0 Å². The van der Waals surface area contributed by atoms with E-state index in [4.69, 9.17) is 0 Å². The maximum absolute atomic E-state index is 12.5. The van der Waals surface area contributed by atoms with Gasteiger partial charge < -0.3 is 0 Å². The molecule has 0 spiro atoms. The summed E-state index contributed by atoms with van der Waals surface area (Å²) >= 11 is 2.98. The van der Waals surface area contributed by atoms with Crippen LogP contribution in [0.3, 0.4) is 0 Å². The van der Waals surface area contributed by atoms with Crippen molar-refractivity contribution < 1.29 is 13.2 Å². The minimum Gasteiger partial charge on any atom is -0.298 e. The Morgan fingerprint density at radius 2 is 1.92 bits per heavy atom. The van der Waals surface area contributed by atoms with Crippen LogP contribution in [0.2, 0.25) is 0 Å². The zero-order chi connectivity index (χ0) is 18.2. The van der Waals surface area contributed by atoms with Crippen molar-refractivity contribution in [2.24, 2.45) is 0 Å². The molecule has 0 saturated heterocycles. The standard InChI is InChI=1S/C17H16N2O3S3/c1-10-4-6-12(25(3,21)22)8-13(10)16(20)19-17-18-14(9-23-17)15-7-5-11(2)24-15/h4-9H,1-3H3,(H,18,19,20). The highest BCUT2D eigenvalue weighted by molar-refractivity contribution is 7.90. The van der Waals surface area contributed by atoms with Crippen LogP contribution in [-0.4, -0.2) is 25.6 Å². The number of amides is 1. The van der Waals surface area contributed by atoms with E-state index >= 15 is 0 Å². The van der Waals surface area contributed by atoms with Crippen molar-refractivity contribution in [2.45, 2.75) is 18.7 Å². The Morgan fingerprint density at radius 1 is 1.16 bits per heavy atom. The normalized spacial score (nSPS) is 11.5. The quantitative estimate of drug-likeness (QED) is 0.724. The highest BCUT2D eigenvalue weighted by Crippen LogP contribution is 2.30. The number of hydrogen-bond donors (Lipinski definition) is 1. The summed E-state index contributed by atoms with van der Waals surface area (Å²) in [5.41, 5.74) is 1.85. The highest BCUT2D eigenvalue weighted by Gasteiger charge is 2.16. The molecule has 25 heavy (non-hydrogen) atoms. The molecule has 3 rings (SSSR count). The van der Waals surface area contributed by atoms with Crippen LogP contribution in [0.4, 0.5) is 5.13 Å². The van der Waals surface area contributed by atoms with Crippen LogP contribution in [-0.2, 0) is 9.84 Å². The van der Waals surface area contributed by atoms with Gasteiger partial charge in [-0.3, -0.25) is 10.1 Å². The van der Waals surface area contributed by atoms with Gasteiger partial charge in [-0.05, 0) is 43.7 Å². The third kappa shape index (κ3) is 3.97. The van der Waals surface area contributed by atoms with Crippen LogP contribution in [0.5, 0.6) is 0 Å². The molecule has 1 N–H and O–H groups in total. The Kier molecular flexibility index (Phi) is 4.77. The fourth-order valence-electron chi connectivity index (χ4n) is 2.26. The number of thiophene rings is 1. The lowest BCUT2D eigenvalue weighted by molar-refractivity contribution is 0.102. The van der Waals surface area contributed by atoms with Crippen LogP contribution < -0.4 is 5.32 Å². The molecule has 3 aromatic rings.